The van der Waals surface area contributed by atoms with Crippen molar-refractivity contribution in [2.45, 2.75) is 44.9 Å². The van der Waals surface area contributed by atoms with Crippen LogP contribution in [0.15, 0.2) is 21.4 Å². The molecule has 0 atom stereocenters. The summed E-state index contributed by atoms with van der Waals surface area (Å²) in [7, 11) is -2.23. The van der Waals surface area contributed by atoms with E-state index in [1.807, 2.05) is 27.7 Å². The summed E-state index contributed by atoms with van der Waals surface area (Å²) in [5.74, 6) is 1.42. The largest absolute Gasteiger partial charge is 0.495 e. The van der Waals surface area contributed by atoms with Gasteiger partial charge < -0.3 is 9.15 Å². The van der Waals surface area contributed by atoms with Crippen LogP contribution in [0.25, 0.3) is 0 Å². The molecule has 8 heteroatoms. The van der Waals surface area contributed by atoms with Gasteiger partial charge in [0.15, 0.2) is 0 Å². The lowest BCUT2D eigenvalue weighted by atomic mass is 10.1. The van der Waals surface area contributed by atoms with Crippen molar-refractivity contribution in [3.8, 4) is 5.75 Å². The summed E-state index contributed by atoms with van der Waals surface area (Å²) in [6, 6.07) is 3.33. The molecule has 1 aromatic heterocycles. The van der Waals surface area contributed by atoms with Crippen molar-refractivity contribution in [2.24, 2.45) is 0 Å². The highest BCUT2D eigenvalue weighted by Crippen LogP contribution is 2.27. The van der Waals surface area contributed by atoms with Gasteiger partial charge in [0.25, 0.3) is 0 Å². The average molecular weight is 353 g/mol. The zero-order valence-electron chi connectivity index (χ0n) is 14.6. The van der Waals surface area contributed by atoms with E-state index in [-0.39, 0.29) is 17.4 Å². The molecule has 0 fully saturated rings. The summed E-state index contributed by atoms with van der Waals surface area (Å²) in [5, 5.41) is 7.84. The zero-order chi connectivity index (χ0) is 17.9. The van der Waals surface area contributed by atoms with Crippen molar-refractivity contribution in [1.29, 1.82) is 0 Å². The Kier molecular flexibility index (Phi) is 5.61. The highest BCUT2D eigenvalue weighted by molar-refractivity contribution is 7.89. The molecule has 0 aliphatic carbocycles. The maximum absolute atomic E-state index is 12.5. The van der Waals surface area contributed by atoms with Crippen LogP contribution < -0.4 is 9.46 Å². The Hall–Kier alpha value is -1.93. The van der Waals surface area contributed by atoms with Gasteiger partial charge in [0, 0.05) is 18.9 Å². The van der Waals surface area contributed by atoms with E-state index < -0.39 is 10.0 Å². The molecule has 132 valence electrons. The van der Waals surface area contributed by atoms with Gasteiger partial charge >= 0.3 is 0 Å². The first kappa shape index (κ1) is 18.4. The lowest BCUT2D eigenvalue weighted by Gasteiger charge is -2.12. The molecule has 2 rings (SSSR count). The third-order valence-electron chi connectivity index (χ3n) is 3.68. The van der Waals surface area contributed by atoms with E-state index in [9.17, 15) is 8.42 Å². The molecule has 0 radical (unpaired) electrons. The molecule has 2 aromatic rings. The number of sulfonamides is 1. The minimum absolute atomic E-state index is 0.126. The molecule has 0 aliphatic rings. The molecular formula is C16H23N3O4S. The van der Waals surface area contributed by atoms with E-state index in [2.05, 4.69) is 14.9 Å². The normalized spacial score (nSPS) is 11.9. The average Bonchev–Trinajstić information content (AvgIpc) is 2.98. The predicted octanol–water partition coefficient (Wildman–Crippen LogP) is 2.34. The standard InChI is InChI=1S/C16H23N3O4S/c1-10(2)16-19-18-15(23-16)6-7-17-24(20,21)14-9-12(4)11(3)8-13(14)22-5/h8-10,17H,6-7H2,1-5H3. The number of nitrogens with zero attached hydrogens (tertiary/aromatic N) is 2. The Balaban J connectivity index is 2.10. The molecule has 0 aliphatic heterocycles. The lowest BCUT2D eigenvalue weighted by molar-refractivity contribution is 0.401. The fourth-order valence-electron chi connectivity index (χ4n) is 2.10. The summed E-state index contributed by atoms with van der Waals surface area (Å²) in [6.45, 7) is 7.83. The topological polar surface area (TPSA) is 94.3 Å². The van der Waals surface area contributed by atoms with Crippen molar-refractivity contribution in [3.05, 3.63) is 35.0 Å². The van der Waals surface area contributed by atoms with Gasteiger partial charge in [-0.1, -0.05) is 13.8 Å². The number of hydrogen-bond donors (Lipinski definition) is 1. The minimum Gasteiger partial charge on any atom is -0.495 e. The Labute approximate surface area is 142 Å². The van der Waals surface area contributed by atoms with Gasteiger partial charge in [-0.25, -0.2) is 13.1 Å². The van der Waals surface area contributed by atoms with Crippen molar-refractivity contribution in [3.63, 3.8) is 0 Å². The SMILES string of the molecule is COc1cc(C)c(C)cc1S(=O)(=O)NCCc1nnc(C(C)C)o1. The molecule has 1 N–H and O–H groups in total. The van der Waals surface area contributed by atoms with E-state index in [0.29, 0.717) is 24.0 Å². The van der Waals surface area contributed by atoms with Crippen LogP contribution in [-0.2, 0) is 16.4 Å². The molecule has 7 nitrogen and oxygen atoms in total. The summed E-state index contributed by atoms with van der Waals surface area (Å²) >= 11 is 0. The van der Waals surface area contributed by atoms with Crippen LogP contribution in [0.4, 0.5) is 0 Å². The zero-order valence-corrected chi connectivity index (χ0v) is 15.4. The molecule has 0 saturated carbocycles. The van der Waals surface area contributed by atoms with Gasteiger partial charge in [-0.2, -0.15) is 0 Å². The number of benzene rings is 1. The molecule has 1 aromatic carbocycles. The smallest absolute Gasteiger partial charge is 0.244 e. The van der Waals surface area contributed by atoms with Gasteiger partial charge in [0.05, 0.1) is 7.11 Å². The molecule has 0 unspecified atom stereocenters. The highest BCUT2D eigenvalue weighted by Gasteiger charge is 2.20. The number of hydrogen-bond acceptors (Lipinski definition) is 6. The first-order valence-corrected chi connectivity index (χ1v) is 9.20. The minimum atomic E-state index is -3.69. The van der Waals surface area contributed by atoms with Crippen molar-refractivity contribution in [2.75, 3.05) is 13.7 Å². The first-order chi connectivity index (χ1) is 11.2. The van der Waals surface area contributed by atoms with Crippen LogP contribution in [0.1, 0.15) is 42.7 Å². The number of aryl methyl sites for hydroxylation is 2. The summed E-state index contributed by atoms with van der Waals surface area (Å²) in [4.78, 5) is 0.126. The number of ether oxygens (including phenoxy) is 1. The fourth-order valence-corrected chi connectivity index (χ4v) is 3.37. The maximum atomic E-state index is 12.5. The Bertz CT molecular complexity index is 813. The molecular weight excluding hydrogens is 330 g/mol. The highest BCUT2D eigenvalue weighted by atomic mass is 32.2. The van der Waals surface area contributed by atoms with E-state index in [1.54, 1.807) is 12.1 Å². The Morgan fingerprint density at radius 1 is 1.21 bits per heavy atom. The van der Waals surface area contributed by atoms with Crippen LogP contribution in [-0.4, -0.2) is 32.3 Å². The van der Waals surface area contributed by atoms with E-state index in [0.717, 1.165) is 11.1 Å². The summed E-state index contributed by atoms with van der Waals surface area (Å²) < 4.78 is 38.3. The third kappa shape index (κ3) is 4.12. The quantitative estimate of drug-likeness (QED) is 0.821. The third-order valence-corrected chi connectivity index (χ3v) is 5.16. The summed E-state index contributed by atoms with van der Waals surface area (Å²) in [5.41, 5.74) is 1.85. The Morgan fingerprint density at radius 2 is 1.88 bits per heavy atom. The van der Waals surface area contributed by atoms with Gasteiger partial charge in [-0.15, -0.1) is 10.2 Å². The van der Waals surface area contributed by atoms with Crippen LogP contribution in [0.5, 0.6) is 5.75 Å². The summed E-state index contributed by atoms with van der Waals surface area (Å²) in [6.07, 6.45) is 0.326. The second-order valence-electron chi connectivity index (χ2n) is 5.92. The van der Waals surface area contributed by atoms with Crippen LogP contribution in [0.2, 0.25) is 0 Å². The monoisotopic (exact) mass is 353 g/mol. The van der Waals surface area contributed by atoms with Crippen LogP contribution >= 0.6 is 0 Å². The number of rotatable bonds is 7. The molecule has 1 heterocycles. The molecule has 24 heavy (non-hydrogen) atoms. The van der Waals surface area contributed by atoms with Crippen molar-refractivity contribution >= 4 is 10.0 Å². The van der Waals surface area contributed by atoms with Crippen molar-refractivity contribution < 1.29 is 17.6 Å². The van der Waals surface area contributed by atoms with Gasteiger partial charge in [-0.3, -0.25) is 0 Å². The lowest BCUT2D eigenvalue weighted by Crippen LogP contribution is -2.26. The van der Waals surface area contributed by atoms with Gasteiger partial charge in [0.2, 0.25) is 21.8 Å². The first-order valence-electron chi connectivity index (χ1n) is 7.71. The molecule has 0 spiro atoms. The van der Waals surface area contributed by atoms with E-state index in [4.69, 9.17) is 9.15 Å². The molecule has 0 saturated heterocycles. The number of nitrogens with one attached hydrogen (secondary N) is 1. The van der Waals surface area contributed by atoms with E-state index in [1.165, 1.54) is 7.11 Å². The van der Waals surface area contributed by atoms with Gasteiger partial charge in [-0.05, 0) is 37.1 Å². The van der Waals surface area contributed by atoms with Crippen LogP contribution in [0.3, 0.4) is 0 Å². The second kappa shape index (κ2) is 7.31. The predicted molar refractivity (Wildman–Crippen MR) is 89.7 cm³/mol. The Morgan fingerprint density at radius 3 is 2.46 bits per heavy atom. The number of aromatic nitrogens is 2. The van der Waals surface area contributed by atoms with Crippen LogP contribution in [0, 0.1) is 13.8 Å². The number of methoxy groups -OCH3 is 1. The molecule has 0 amide bonds. The second-order valence-corrected chi connectivity index (χ2v) is 7.66. The van der Waals surface area contributed by atoms with Gasteiger partial charge in [0.1, 0.15) is 10.6 Å². The van der Waals surface area contributed by atoms with Crippen molar-refractivity contribution in [1.82, 2.24) is 14.9 Å². The fraction of sp³-hybridized carbons (Fsp3) is 0.500. The molecule has 0 bridgehead atoms. The van der Waals surface area contributed by atoms with E-state index >= 15 is 0 Å². The maximum Gasteiger partial charge on any atom is 0.244 e.